The maximum atomic E-state index is 11.5. The Labute approximate surface area is 94.8 Å². The highest BCUT2D eigenvalue weighted by Crippen LogP contribution is 2.08. The maximum Gasteiger partial charge on any atom is 0.286 e. The largest absolute Gasteiger partial charge is 0.459 e. The van der Waals surface area contributed by atoms with Gasteiger partial charge in [-0.05, 0) is 24.5 Å². The van der Waals surface area contributed by atoms with Crippen LogP contribution in [0, 0.1) is 5.92 Å². The fourth-order valence-corrected chi connectivity index (χ4v) is 1.65. The van der Waals surface area contributed by atoms with Crippen LogP contribution in [-0.2, 0) is 0 Å². The van der Waals surface area contributed by atoms with Crippen molar-refractivity contribution in [2.24, 2.45) is 5.92 Å². The first-order valence-corrected chi connectivity index (χ1v) is 5.69. The highest BCUT2D eigenvalue weighted by atomic mass is 35.5. The number of alkyl halides is 1. The molecule has 1 aromatic heterocycles. The smallest absolute Gasteiger partial charge is 0.286 e. The second kappa shape index (κ2) is 6.51. The van der Waals surface area contributed by atoms with Crippen molar-refractivity contribution in [3.63, 3.8) is 0 Å². The molecular formula is C11H16ClNO2. The van der Waals surface area contributed by atoms with E-state index in [9.17, 15) is 4.79 Å². The molecule has 84 valence electrons. The number of rotatable bonds is 6. The molecule has 0 bridgehead atoms. The van der Waals surface area contributed by atoms with Gasteiger partial charge in [0.25, 0.3) is 5.91 Å². The Morgan fingerprint density at radius 1 is 1.67 bits per heavy atom. The predicted octanol–water partition coefficient (Wildman–Crippen LogP) is 2.66. The molecule has 0 fully saturated rings. The first-order valence-electron chi connectivity index (χ1n) is 5.15. The molecule has 4 heteroatoms. The number of hydrogen-bond donors (Lipinski definition) is 1. The Kier molecular flexibility index (Phi) is 5.26. The topological polar surface area (TPSA) is 42.2 Å². The summed E-state index contributed by atoms with van der Waals surface area (Å²) in [6, 6.07) is 3.35. The van der Waals surface area contributed by atoms with E-state index in [1.807, 2.05) is 0 Å². The third kappa shape index (κ3) is 3.96. The van der Waals surface area contributed by atoms with Gasteiger partial charge in [-0.15, -0.1) is 11.6 Å². The van der Waals surface area contributed by atoms with Crippen molar-refractivity contribution in [3.8, 4) is 0 Å². The lowest BCUT2D eigenvalue weighted by molar-refractivity contribution is 0.0918. The van der Waals surface area contributed by atoms with Gasteiger partial charge in [0.1, 0.15) is 0 Å². The molecule has 3 nitrogen and oxygen atoms in total. The molecule has 0 spiro atoms. The molecule has 1 N–H and O–H groups in total. The van der Waals surface area contributed by atoms with Crippen molar-refractivity contribution in [1.29, 1.82) is 0 Å². The van der Waals surface area contributed by atoms with Gasteiger partial charge in [0.05, 0.1) is 6.26 Å². The molecule has 1 amide bonds. The van der Waals surface area contributed by atoms with E-state index >= 15 is 0 Å². The van der Waals surface area contributed by atoms with Crippen molar-refractivity contribution in [2.45, 2.75) is 19.8 Å². The second-order valence-corrected chi connectivity index (χ2v) is 3.82. The van der Waals surface area contributed by atoms with E-state index in [2.05, 4.69) is 12.2 Å². The highest BCUT2D eigenvalue weighted by Gasteiger charge is 2.11. The van der Waals surface area contributed by atoms with Gasteiger partial charge in [0.15, 0.2) is 5.76 Å². The summed E-state index contributed by atoms with van der Waals surface area (Å²) in [5, 5.41) is 2.83. The quantitative estimate of drug-likeness (QED) is 0.762. The summed E-state index contributed by atoms with van der Waals surface area (Å²) in [4.78, 5) is 11.5. The van der Waals surface area contributed by atoms with Crippen molar-refractivity contribution in [1.82, 2.24) is 5.32 Å². The standard InChI is InChI=1S/C11H16ClNO2/c1-2-9(5-6-12)8-13-11(14)10-4-3-7-15-10/h3-4,7,9H,2,5-6,8H2,1H3,(H,13,14). The van der Waals surface area contributed by atoms with Gasteiger partial charge in [-0.25, -0.2) is 0 Å². The Balaban J connectivity index is 2.33. The minimum Gasteiger partial charge on any atom is -0.459 e. The fraction of sp³-hybridized carbons (Fsp3) is 0.545. The number of nitrogens with one attached hydrogen (secondary N) is 1. The van der Waals surface area contributed by atoms with Crippen LogP contribution in [-0.4, -0.2) is 18.3 Å². The second-order valence-electron chi connectivity index (χ2n) is 3.44. The molecule has 0 saturated heterocycles. The first kappa shape index (κ1) is 12.1. The van der Waals surface area contributed by atoms with Gasteiger partial charge < -0.3 is 9.73 Å². The molecule has 1 atom stereocenters. The van der Waals surface area contributed by atoms with E-state index < -0.39 is 0 Å². The Morgan fingerprint density at radius 3 is 3.00 bits per heavy atom. The lowest BCUT2D eigenvalue weighted by Gasteiger charge is -2.13. The number of furan rings is 1. The summed E-state index contributed by atoms with van der Waals surface area (Å²) in [7, 11) is 0. The molecule has 0 radical (unpaired) electrons. The molecule has 0 aliphatic heterocycles. The van der Waals surface area contributed by atoms with Crippen LogP contribution in [0.2, 0.25) is 0 Å². The summed E-state index contributed by atoms with van der Waals surface area (Å²) in [5.74, 6) is 1.28. The Hall–Kier alpha value is -0.960. The van der Waals surface area contributed by atoms with Crippen LogP contribution in [0.15, 0.2) is 22.8 Å². The molecule has 1 aromatic rings. The van der Waals surface area contributed by atoms with Crippen LogP contribution in [0.1, 0.15) is 30.3 Å². The fourth-order valence-electron chi connectivity index (χ4n) is 1.34. The number of hydrogen-bond acceptors (Lipinski definition) is 2. The van der Waals surface area contributed by atoms with Gasteiger partial charge in [0, 0.05) is 12.4 Å². The molecule has 1 rings (SSSR count). The van der Waals surface area contributed by atoms with Gasteiger partial charge in [-0.3, -0.25) is 4.79 Å². The van der Waals surface area contributed by atoms with Gasteiger partial charge >= 0.3 is 0 Å². The predicted molar refractivity (Wildman–Crippen MR) is 60.2 cm³/mol. The summed E-state index contributed by atoms with van der Waals surface area (Å²) in [6.07, 6.45) is 3.44. The van der Waals surface area contributed by atoms with Crippen LogP contribution >= 0.6 is 11.6 Å². The lowest BCUT2D eigenvalue weighted by Crippen LogP contribution is -2.29. The summed E-state index contributed by atoms with van der Waals surface area (Å²) >= 11 is 5.66. The van der Waals surface area contributed by atoms with E-state index in [4.69, 9.17) is 16.0 Å². The summed E-state index contributed by atoms with van der Waals surface area (Å²) in [6.45, 7) is 2.75. The third-order valence-corrected chi connectivity index (χ3v) is 2.61. The minimum atomic E-state index is -0.159. The average molecular weight is 230 g/mol. The third-order valence-electron chi connectivity index (χ3n) is 2.39. The Morgan fingerprint density at radius 2 is 2.47 bits per heavy atom. The van der Waals surface area contributed by atoms with Crippen molar-refractivity contribution in [2.75, 3.05) is 12.4 Å². The first-order chi connectivity index (χ1) is 7.27. The molecule has 1 heterocycles. The molecule has 15 heavy (non-hydrogen) atoms. The summed E-state index contributed by atoms with van der Waals surface area (Å²) in [5.41, 5.74) is 0. The highest BCUT2D eigenvalue weighted by molar-refractivity contribution is 6.17. The normalized spacial score (nSPS) is 12.4. The molecule has 0 saturated carbocycles. The van der Waals surface area contributed by atoms with Crippen molar-refractivity contribution < 1.29 is 9.21 Å². The van der Waals surface area contributed by atoms with Gasteiger partial charge in [0.2, 0.25) is 0 Å². The van der Waals surface area contributed by atoms with Crippen LogP contribution in [0.5, 0.6) is 0 Å². The van der Waals surface area contributed by atoms with E-state index in [-0.39, 0.29) is 5.91 Å². The van der Waals surface area contributed by atoms with Crippen LogP contribution in [0.25, 0.3) is 0 Å². The van der Waals surface area contributed by atoms with Gasteiger partial charge in [-0.2, -0.15) is 0 Å². The molecule has 0 aliphatic rings. The zero-order valence-corrected chi connectivity index (χ0v) is 9.59. The molecule has 0 aromatic carbocycles. The van der Waals surface area contributed by atoms with Crippen LogP contribution < -0.4 is 5.32 Å². The molecular weight excluding hydrogens is 214 g/mol. The summed E-state index contributed by atoms with van der Waals surface area (Å²) < 4.78 is 4.98. The van der Waals surface area contributed by atoms with Crippen molar-refractivity contribution >= 4 is 17.5 Å². The number of carbonyl (C=O) groups is 1. The van der Waals surface area contributed by atoms with Crippen LogP contribution in [0.3, 0.4) is 0 Å². The lowest BCUT2D eigenvalue weighted by atomic mass is 10.0. The van der Waals surface area contributed by atoms with E-state index in [1.54, 1.807) is 12.1 Å². The van der Waals surface area contributed by atoms with E-state index in [0.717, 1.165) is 12.8 Å². The monoisotopic (exact) mass is 229 g/mol. The SMILES string of the molecule is CCC(CCCl)CNC(=O)c1ccco1. The number of carbonyl (C=O) groups excluding carboxylic acids is 1. The van der Waals surface area contributed by atoms with Crippen LogP contribution in [0.4, 0.5) is 0 Å². The maximum absolute atomic E-state index is 11.5. The minimum absolute atomic E-state index is 0.159. The Bertz CT molecular complexity index is 285. The molecule has 0 aliphatic carbocycles. The van der Waals surface area contributed by atoms with E-state index in [1.165, 1.54) is 6.26 Å². The zero-order valence-electron chi connectivity index (χ0n) is 8.83. The zero-order chi connectivity index (χ0) is 11.1. The average Bonchev–Trinajstić information content (AvgIpc) is 2.77. The molecule has 1 unspecified atom stereocenters. The number of amides is 1. The van der Waals surface area contributed by atoms with Gasteiger partial charge in [-0.1, -0.05) is 13.3 Å². The van der Waals surface area contributed by atoms with Crippen molar-refractivity contribution in [3.05, 3.63) is 24.2 Å². The number of halogens is 1. The van der Waals surface area contributed by atoms with E-state index in [0.29, 0.717) is 24.1 Å².